The van der Waals surface area contributed by atoms with Crippen LogP contribution in [0.15, 0.2) is 30.3 Å². The molecule has 1 aromatic rings. The number of nitrogens with one attached hydrogen (secondary N) is 1. The largest absolute Gasteiger partial charge is 0.337 e. The third-order valence-corrected chi connectivity index (χ3v) is 3.29. The van der Waals surface area contributed by atoms with Gasteiger partial charge in [-0.25, -0.2) is 4.79 Å². The number of rotatable bonds is 5. The number of urea groups is 1. The van der Waals surface area contributed by atoms with Gasteiger partial charge < -0.3 is 10.2 Å². The van der Waals surface area contributed by atoms with Crippen molar-refractivity contribution in [3.63, 3.8) is 0 Å². The fourth-order valence-corrected chi connectivity index (χ4v) is 1.91. The van der Waals surface area contributed by atoms with Crippen LogP contribution in [-0.4, -0.2) is 30.6 Å². The summed E-state index contributed by atoms with van der Waals surface area (Å²) in [7, 11) is 0. The van der Waals surface area contributed by atoms with Gasteiger partial charge >= 0.3 is 6.03 Å². The van der Waals surface area contributed by atoms with Gasteiger partial charge in [0.15, 0.2) is 0 Å². The number of hydrogen-bond donors (Lipinski definition) is 1. The molecule has 1 N–H and O–H groups in total. The molecule has 0 aliphatic rings. The number of hydrogen-bond acceptors (Lipinski definition) is 1. The minimum atomic E-state index is -0.0515. The van der Waals surface area contributed by atoms with Gasteiger partial charge in [0.2, 0.25) is 0 Å². The molecule has 0 spiro atoms. The second-order valence-electron chi connectivity index (χ2n) is 5.08. The van der Waals surface area contributed by atoms with Gasteiger partial charge in [0.05, 0.1) is 0 Å². The van der Waals surface area contributed by atoms with Gasteiger partial charge in [-0.3, -0.25) is 0 Å². The number of nitrogens with zero attached hydrogens (tertiary/aromatic N) is 1. The summed E-state index contributed by atoms with van der Waals surface area (Å²) >= 11 is 0. The van der Waals surface area contributed by atoms with E-state index in [4.69, 9.17) is 0 Å². The smallest absolute Gasteiger partial charge is 0.317 e. The lowest BCUT2D eigenvalue weighted by atomic mass is 9.85. The Hall–Kier alpha value is -1.51. The molecule has 0 unspecified atom stereocenters. The van der Waals surface area contributed by atoms with Crippen LogP contribution in [-0.2, 0) is 5.41 Å². The maximum absolute atomic E-state index is 11.9. The second-order valence-corrected chi connectivity index (χ2v) is 5.08. The van der Waals surface area contributed by atoms with E-state index in [9.17, 15) is 4.79 Å². The molecule has 3 heteroatoms. The Bertz CT molecular complexity index is 369. The highest BCUT2D eigenvalue weighted by molar-refractivity contribution is 5.74. The predicted molar refractivity (Wildman–Crippen MR) is 75.8 cm³/mol. The third-order valence-electron chi connectivity index (χ3n) is 3.29. The van der Waals surface area contributed by atoms with E-state index in [-0.39, 0.29) is 11.4 Å². The van der Waals surface area contributed by atoms with Crippen molar-refractivity contribution in [3.05, 3.63) is 35.9 Å². The van der Waals surface area contributed by atoms with Gasteiger partial charge in [0.25, 0.3) is 0 Å². The second kappa shape index (κ2) is 6.43. The normalized spacial score (nSPS) is 11.1. The average Bonchev–Trinajstić information content (AvgIpc) is 2.39. The molecule has 0 bridgehead atoms. The van der Waals surface area contributed by atoms with Gasteiger partial charge in [-0.05, 0) is 19.4 Å². The summed E-state index contributed by atoms with van der Waals surface area (Å²) in [6.45, 7) is 10.4. The average molecular weight is 248 g/mol. The summed E-state index contributed by atoms with van der Waals surface area (Å²) in [6, 6.07) is 10.3. The Kier molecular flexibility index (Phi) is 5.20. The summed E-state index contributed by atoms with van der Waals surface area (Å²) in [5, 5.41) is 3.01. The Balaban J connectivity index is 2.60. The molecule has 2 amide bonds. The molecule has 0 aromatic heterocycles. The predicted octanol–water partition coefficient (Wildman–Crippen LogP) is 3.02. The third kappa shape index (κ3) is 3.76. The van der Waals surface area contributed by atoms with Gasteiger partial charge in [0.1, 0.15) is 0 Å². The van der Waals surface area contributed by atoms with Crippen LogP contribution in [0.1, 0.15) is 33.3 Å². The van der Waals surface area contributed by atoms with E-state index < -0.39 is 0 Å². The minimum Gasteiger partial charge on any atom is -0.337 e. The van der Waals surface area contributed by atoms with E-state index in [1.54, 1.807) is 4.90 Å². The Morgan fingerprint density at radius 3 is 2.22 bits per heavy atom. The zero-order valence-corrected chi connectivity index (χ0v) is 11.9. The van der Waals surface area contributed by atoms with E-state index in [0.29, 0.717) is 6.54 Å². The molecular formula is C15H24N2O. The minimum absolute atomic E-state index is 0.0176. The molecule has 1 rings (SSSR count). The maximum Gasteiger partial charge on any atom is 0.317 e. The van der Waals surface area contributed by atoms with Gasteiger partial charge in [-0.1, -0.05) is 44.2 Å². The van der Waals surface area contributed by atoms with Crippen molar-refractivity contribution >= 4 is 6.03 Å². The molecule has 0 fully saturated rings. The van der Waals surface area contributed by atoms with Crippen LogP contribution in [0.3, 0.4) is 0 Å². The van der Waals surface area contributed by atoms with E-state index in [2.05, 4.69) is 31.3 Å². The summed E-state index contributed by atoms with van der Waals surface area (Å²) in [5.74, 6) is 0. The number of benzene rings is 1. The first-order valence-electron chi connectivity index (χ1n) is 6.59. The molecule has 1 aromatic carbocycles. The van der Waals surface area contributed by atoms with Crippen molar-refractivity contribution in [1.82, 2.24) is 10.2 Å². The van der Waals surface area contributed by atoms with Crippen molar-refractivity contribution in [2.45, 2.75) is 33.1 Å². The lowest BCUT2D eigenvalue weighted by molar-refractivity contribution is 0.201. The van der Waals surface area contributed by atoms with E-state index in [1.807, 2.05) is 32.0 Å². The van der Waals surface area contributed by atoms with E-state index in [1.165, 1.54) is 5.56 Å². The van der Waals surface area contributed by atoms with Crippen LogP contribution in [0.4, 0.5) is 4.79 Å². The van der Waals surface area contributed by atoms with Crippen molar-refractivity contribution in [3.8, 4) is 0 Å². The number of carbonyl (C=O) groups excluding carboxylic acids is 1. The first kappa shape index (κ1) is 14.6. The topological polar surface area (TPSA) is 32.3 Å². The molecule has 0 aliphatic carbocycles. The Morgan fingerprint density at radius 2 is 1.72 bits per heavy atom. The first-order valence-corrected chi connectivity index (χ1v) is 6.59. The molecule has 0 heterocycles. The Morgan fingerprint density at radius 1 is 1.17 bits per heavy atom. The van der Waals surface area contributed by atoms with E-state index >= 15 is 0 Å². The summed E-state index contributed by atoms with van der Waals surface area (Å²) in [4.78, 5) is 13.7. The summed E-state index contributed by atoms with van der Waals surface area (Å²) in [5.41, 5.74) is 1.19. The van der Waals surface area contributed by atoms with E-state index in [0.717, 1.165) is 13.1 Å². The monoisotopic (exact) mass is 248 g/mol. The molecule has 0 atom stereocenters. The highest BCUT2D eigenvalue weighted by Crippen LogP contribution is 2.21. The summed E-state index contributed by atoms with van der Waals surface area (Å²) in [6.07, 6.45) is 0. The molecule has 100 valence electrons. The SMILES string of the molecule is CCN(CC)C(=O)NCC(C)(C)c1ccccc1. The molecule has 0 saturated carbocycles. The van der Waals surface area contributed by atoms with Crippen LogP contribution in [0.25, 0.3) is 0 Å². The molecule has 0 saturated heterocycles. The fourth-order valence-electron chi connectivity index (χ4n) is 1.91. The van der Waals surface area contributed by atoms with Crippen molar-refractivity contribution in [1.29, 1.82) is 0 Å². The molecule has 0 radical (unpaired) electrons. The zero-order chi connectivity index (χ0) is 13.6. The lowest BCUT2D eigenvalue weighted by Gasteiger charge is -2.28. The first-order chi connectivity index (χ1) is 8.51. The van der Waals surface area contributed by atoms with Gasteiger partial charge in [-0.15, -0.1) is 0 Å². The highest BCUT2D eigenvalue weighted by Gasteiger charge is 2.21. The fraction of sp³-hybridized carbons (Fsp3) is 0.533. The van der Waals surface area contributed by atoms with Crippen molar-refractivity contribution in [2.75, 3.05) is 19.6 Å². The van der Waals surface area contributed by atoms with Gasteiger partial charge in [0, 0.05) is 25.0 Å². The molecular weight excluding hydrogens is 224 g/mol. The van der Waals surface area contributed by atoms with Crippen molar-refractivity contribution < 1.29 is 4.79 Å². The Labute approximate surface area is 110 Å². The quantitative estimate of drug-likeness (QED) is 0.853. The number of carbonyl (C=O) groups is 1. The van der Waals surface area contributed by atoms with Crippen LogP contribution in [0, 0.1) is 0 Å². The molecule has 0 aliphatic heterocycles. The standard InChI is InChI=1S/C15H24N2O/c1-5-17(6-2)14(18)16-12-15(3,4)13-10-8-7-9-11-13/h7-11H,5-6,12H2,1-4H3,(H,16,18). The maximum atomic E-state index is 11.9. The lowest BCUT2D eigenvalue weighted by Crippen LogP contribution is -2.44. The summed E-state index contributed by atoms with van der Waals surface area (Å²) < 4.78 is 0. The molecule has 18 heavy (non-hydrogen) atoms. The van der Waals surface area contributed by atoms with Crippen LogP contribution in [0.5, 0.6) is 0 Å². The van der Waals surface area contributed by atoms with Gasteiger partial charge in [-0.2, -0.15) is 0 Å². The zero-order valence-electron chi connectivity index (χ0n) is 11.9. The number of amides is 2. The van der Waals surface area contributed by atoms with Crippen LogP contribution >= 0.6 is 0 Å². The van der Waals surface area contributed by atoms with Crippen LogP contribution < -0.4 is 5.32 Å². The van der Waals surface area contributed by atoms with Crippen LogP contribution in [0.2, 0.25) is 0 Å². The molecule has 3 nitrogen and oxygen atoms in total. The highest BCUT2D eigenvalue weighted by atomic mass is 16.2. The van der Waals surface area contributed by atoms with Crippen molar-refractivity contribution in [2.24, 2.45) is 0 Å².